The first kappa shape index (κ1) is 16.1. The van der Waals surface area contributed by atoms with Gasteiger partial charge in [-0.3, -0.25) is 4.79 Å². The number of likely N-dealkylation sites (tertiary alicyclic amines) is 1. The van der Waals surface area contributed by atoms with Crippen LogP contribution in [0.4, 0.5) is 0 Å². The van der Waals surface area contributed by atoms with Gasteiger partial charge in [-0.05, 0) is 43.9 Å². The first-order chi connectivity index (χ1) is 10.1. The molecule has 0 bridgehead atoms. The highest BCUT2D eigenvalue weighted by atomic mass is 35.5. The van der Waals surface area contributed by atoms with Gasteiger partial charge in [-0.15, -0.1) is 0 Å². The minimum Gasteiger partial charge on any atom is -0.495 e. The molecule has 1 aromatic rings. The molecule has 0 saturated carbocycles. The van der Waals surface area contributed by atoms with Crippen molar-refractivity contribution in [3.05, 3.63) is 28.8 Å². The van der Waals surface area contributed by atoms with E-state index in [-0.39, 0.29) is 11.9 Å². The molecule has 116 valence electrons. The van der Waals surface area contributed by atoms with Crippen molar-refractivity contribution in [2.24, 2.45) is 0 Å². The maximum absolute atomic E-state index is 12.3. The molecule has 21 heavy (non-hydrogen) atoms. The normalized spacial score (nSPS) is 16.6. The lowest BCUT2D eigenvalue weighted by molar-refractivity contribution is -0.133. The number of nitrogens with zero attached hydrogens (tertiary/aromatic N) is 1. The van der Waals surface area contributed by atoms with Crippen LogP contribution < -0.4 is 10.1 Å². The van der Waals surface area contributed by atoms with Gasteiger partial charge in [-0.25, -0.2) is 0 Å². The van der Waals surface area contributed by atoms with Crippen LogP contribution in [0.5, 0.6) is 5.75 Å². The molecule has 0 radical (unpaired) electrons. The monoisotopic (exact) mass is 310 g/mol. The summed E-state index contributed by atoms with van der Waals surface area (Å²) in [7, 11) is 1.60. The zero-order valence-electron chi connectivity index (χ0n) is 12.7. The quantitative estimate of drug-likeness (QED) is 0.909. The van der Waals surface area contributed by atoms with E-state index in [1.165, 1.54) is 6.42 Å². The number of rotatable bonds is 5. The maximum atomic E-state index is 12.3. The first-order valence-electron chi connectivity index (χ1n) is 7.46. The Balaban J connectivity index is 1.86. The second-order valence-electron chi connectivity index (χ2n) is 5.46. The Morgan fingerprint density at radius 3 is 2.71 bits per heavy atom. The van der Waals surface area contributed by atoms with E-state index in [0.717, 1.165) is 31.5 Å². The number of methoxy groups -OCH3 is 1. The van der Waals surface area contributed by atoms with Gasteiger partial charge in [0.25, 0.3) is 0 Å². The van der Waals surface area contributed by atoms with Gasteiger partial charge in [0.05, 0.1) is 18.2 Å². The van der Waals surface area contributed by atoms with Crippen LogP contribution in [0.1, 0.15) is 31.7 Å². The van der Waals surface area contributed by atoms with Gasteiger partial charge in [0.15, 0.2) is 0 Å². The van der Waals surface area contributed by atoms with Crippen LogP contribution in [0.25, 0.3) is 0 Å². The van der Waals surface area contributed by atoms with Crippen LogP contribution in [0, 0.1) is 0 Å². The van der Waals surface area contributed by atoms with Crippen LogP contribution >= 0.6 is 11.6 Å². The summed E-state index contributed by atoms with van der Waals surface area (Å²) in [6, 6.07) is 5.49. The van der Waals surface area contributed by atoms with Crippen molar-refractivity contribution in [3.8, 4) is 5.75 Å². The number of hydrogen-bond acceptors (Lipinski definition) is 3. The molecule has 1 aliphatic rings. The zero-order chi connectivity index (χ0) is 15.2. The number of amides is 1. The highest BCUT2D eigenvalue weighted by Crippen LogP contribution is 2.24. The minimum atomic E-state index is -0.177. The highest BCUT2D eigenvalue weighted by molar-refractivity contribution is 6.32. The number of carbonyl (C=O) groups is 1. The van der Waals surface area contributed by atoms with E-state index in [2.05, 4.69) is 5.32 Å². The summed E-state index contributed by atoms with van der Waals surface area (Å²) < 4.78 is 5.13. The lowest BCUT2D eigenvalue weighted by atomic mass is 10.1. The lowest BCUT2D eigenvalue weighted by Gasteiger charge is -2.29. The van der Waals surface area contributed by atoms with Crippen molar-refractivity contribution < 1.29 is 9.53 Å². The molecular weight excluding hydrogens is 288 g/mol. The Labute approximate surface area is 131 Å². The molecule has 1 saturated heterocycles. The summed E-state index contributed by atoms with van der Waals surface area (Å²) in [5, 5.41) is 3.86. The Bertz CT molecular complexity index is 487. The second kappa shape index (κ2) is 7.66. The Morgan fingerprint density at radius 1 is 1.38 bits per heavy atom. The van der Waals surface area contributed by atoms with Crippen molar-refractivity contribution in [2.75, 3.05) is 20.2 Å². The van der Waals surface area contributed by atoms with Crippen LogP contribution in [0.3, 0.4) is 0 Å². The van der Waals surface area contributed by atoms with E-state index in [4.69, 9.17) is 16.3 Å². The smallest absolute Gasteiger partial charge is 0.239 e. The third-order valence-electron chi connectivity index (χ3n) is 3.87. The largest absolute Gasteiger partial charge is 0.495 e. The average molecular weight is 311 g/mol. The van der Waals surface area contributed by atoms with E-state index in [1.807, 2.05) is 30.0 Å². The molecule has 1 aromatic carbocycles. The van der Waals surface area contributed by atoms with Gasteiger partial charge in [0, 0.05) is 19.6 Å². The SMILES string of the molecule is COc1ccc(CNC(C)C(=O)N2CCCCC2)cc1Cl. The number of piperidine rings is 1. The Morgan fingerprint density at radius 2 is 2.10 bits per heavy atom. The molecule has 5 heteroatoms. The molecule has 4 nitrogen and oxygen atoms in total. The predicted octanol–water partition coefficient (Wildman–Crippen LogP) is 2.84. The van der Waals surface area contributed by atoms with Crippen molar-refractivity contribution >= 4 is 17.5 Å². The molecule has 1 amide bonds. The van der Waals surface area contributed by atoms with Gasteiger partial charge in [0.2, 0.25) is 5.91 Å². The summed E-state index contributed by atoms with van der Waals surface area (Å²) in [5.41, 5.74) is 1.04. The van der Waals surface area contributed by atoms with Gasteiger partial charge in [-0.2, -0.15) is 0 Å². The van der Waals surface area contributed by atoms with Crippen LogP contribution in [0.2, 0.25) is 5.02 Å². The predicted molar refractivity (Wildman–Crippen MR) is 84.7 cm³/mol. The van der Waals surface area contributed by atoms with Gasteiger partial charge in [-0.1, -0.05) is 17.7 Å². The summed E-state index contributed by atoms with van der Waals surface area (Å²) in [6.45, 7) is 4.31. The zero-order valence-corrected chi connectivity index (χ0v) is 13.4. The molecule has 1 N–H and O–H groups in total. The van der Waals surface area contributed by atoms with Crippen molar-refractivity contribution in [1.29, 1.82) is 0 Å². The summed E-state index contributed by atoms with van der Waals surface area (Å²) in [4.78, 5) is 14.3. The fraction of sp³-hybridized carbons (Fsp3) is 0.562. The number of halogens is 1. The van der Waals surface area contributed by atoms with E-state index in [1.54, 1.807) is 7.11 Å². The van der Waals surface area contributed by atoms with Gasteiger partial charge in [0.1, 0.15) is 5.75 Å². The Kier molecular flexibility index (Phi) is 5.88. The van der Waals surface area contributed by atoms with Gasteiger partial charge >= 0.3 is 0 Å². The molecular formula is C16H23ClN2O2. The van der Waals surface area contributed by atoms with Crippen LogP contribution in [-0.4, -0.2) is 37.0 Å². The second-order valence-corrected chi connectivity index (χ2v) is 5.86. The number of ether oxygens (including phenoxy) is 1. The standard InChI is InChI=1S/C16H23ClN2O2/c1-12(16(20)19-8-4-3-5-9-19)18-11-13-6-7-15(21-2)14(17)10-13/h6-7,10,12,18H,3-5,8-9,11H2,1-2H3. The molecule has 1 unspecified atom stereocenters. The summed E-state index contributed by atoms with van der Waals surface area (Å²) in [5.74, 6) is 0.854. The first-order valence-corrected chi connectivity index (χ1v) is 7.84. The van der Waals surface area contributed by atoms with E-state index >= 15 is 0 Å². The summed E-state index contributed by atoms with van der Waals surface area (Å²) in [6.07, 6.45) is 3.47. The molecule has 0 spiro atoms. The molecule has 1 aliphatic heterocycles. The topological polar surface area (TPSA) is 41.6 Å². The fourth-order valence-electron chi connectivity index (χ4n) is 2.57. The number of hydrogen-bond donors (Lipinski definition) is 1. The highest BCUT2D eigenvalue weighted by Gasteiger charge is 2.21. The average Bonchev–Trinajstić information content (AvgIpc) is 2.52. The molecule has 0 aliphatic carbocycles. The number of nitrogens with one attached hydrogen (secondary N) is 1. The van der Waals surface area contributed by atoms with Crippen molar-refractivity contribution in [2.45, 2.75) is 38.8 Å². The maximum Gasteiger partial charge on any atom is 0.239 e. The summed E-state index contributed by atoms with van der Waals surface area (Å²) >= 11 is 6.10. The van der Waals surface area contributed by atoms with Crippen molar-refractivity contribution in [1.82, 2.24) is 10.2 Å². The number of benzene rings is 1. The lowest BCUT2D eigenvalue weighted by Crippen LogP contribution is -2.46. The Hall–Kier alpha value is -1.26. The molecule has 1 atom stereocenters. The third-order valence-corrected chi connectivity index (χ3v) is 4.16. The van der Waals surface area contributed by atoms with Crippen LogP contribution in [-0.2, 0) is 11.3 Å². The minimum absolute atomic E-state index is 0.177. The number of carbonyl (C=O) groups excluding carboxylic acids is 1. The van der Waals surface area contributed by atoms with Crippen molar-refractivity contribution in [3.63, 3.8) is 0 Å². The fourth-order valence-corrected chi connectivity index (χ4v) is 2.85. The van der Waals surface area contributed by atoms with E-state index in [9.17, 15) is 4.79 Å². The van der Waals surface area contributed by atoms with E-state index in [0.29, 0.717) is 17.3 Å². The third kappa shape index (κ3) is 4.35. The molecule has 0 aromatic heterocycles. The van der Waals surface area contributed by atoms with Crippen LogP contribution in [0.15, 0.2) is 18.2 Å². The molecule has 2 rings (SSSR count). The van der Waals surface area contributed by atoms with E-state index < -0.39 is 0 Å². The van der Waals surface area contributed by atoms with Gasteiger partial charge < -0.3 is 15.0 Å². The molecule has 1 fully saturated rings. The molecule has 1 heterocycles.